The predicted octanol–water partition coefficient (Wildman–Crippen LogP) is 6.09. The van der Waals surface area contributed by atoms with Crippen molar-refractivity contribution in [2.24, 2.45) is 0 Å². The van der Waals surface area contributed by atoms with Gasteiger partial charge in [0.1, 0.15) is 0 Å². The van der Waals surface area contributed by atoms with Gasteiger partial charge in [0.25, 0.3) is 0 Å². The molecule has 0 bridgehead atoms. The van der Waals surface area contributed by atoms with E-state index in [4.69, 9.17) is 5.73 Å². The fourth-order valence-electron chi connectivity index (χ4n) is 2.80. The monoisotopic (exact) mass is 296 g/mol. The Labute approximate surface area is 134 Å². The van der Waals surface area contributed by atoms with E-state index < -0.39 is 0 Å². The first-order valence-corrected chi connectivity index (χ1v) is 8.42. The van der Waals surface area contributed by atoms with Crippen LogP contribution >= 0.6 is 0 Å². The summed E-state index contributed by atoms with van der Waals surface area (Å²) in [4.78, 5) is 0. The number of nitrogens with one attached hydrogen (secondary N) is 1. The van der Waals surface area contributed by atoms with Gasteiger partial charge in [-0.3, -0.25) is 0 Å². The molecule has 1 atom stereocenters. The average molecular weight is 296 g/mol. The summed E-state index contributed by atoms with van der Waals surface area (Å²) < 4.78 is 0. The van der Waals surface area contributed by atoms with E-state index in [1.165, 1.54) is 43.4 Å². The molecule has 0 saturated carbocycles. The van der Waals surface area contributed by atoms with Crippen molar-refractivity contribution in [2.75, 3.05) is 11.1 Å². The van der Waals surface area contributed by atoms with Crippen LogP contribution in [0.15, 0.2) is 48.5 Å². The first kappa shape index (κ1) is 16.4. The Morgan fingerprint density at radius 2 is 1.68 bits per heavy atom. The number of hydrogen-bond donors (Lipinski definition) is 2. The number of hydrogen-bond acceptors (Lipinski definition) is 2. The topological polar surface area (TPSA) is 38.0 Å². The van der Waals surface area contributed by atoms with Crippen LogP contribution in [0.3, 0.4) is 0 Å². The molecule has 3 N–H and O–H groups in total. The molecule has 0 fully saturated rings. The van der Waals surface area contributed by atoms with Gasteiger partial charge in [-0.25, -0.2) is 0 Å². The molecule has 0 spiro atoms. The summed E-state index contributed by atoms with van der Waals surface area (Å²) in [6, 6.07) is 16.5. The summed E-state index contributed by atoms with van der Waals surface area (Å²) in [5.41, 5.74) is 10.2. The molecule has 0 heterocycles. The third kappa shape index (κ3) is 4.80. The maximum absolute atomic E-state index is 5.75. The van der Waals surface area contributed by atoms with Crippen molar-refractivity contribution in [3.63, 3.8) is 0 Å². The van der Waals surface area contributed by atoms with Crippen LogP contribution in [0, 0.1) is 0 Å². The minimum Gasteiger partial charge on any atom is -0.399 e. The first-order chi connectivity index (χ1) is 10.7. The zero-order valence-electron chi connectivity index (χ0n) is 13.8. The third-order valence-corrected chi connectivity index (χ3v) is 4.17. The standard InChI is InChI=1S/C20H28N2/c1-3-4-5-6-9-16(2)19-10-7-8-11-20(19)22-18-14-12-17(21)13-15-18/h7-8,10-16,22H,3-6,9,21H2,1-2H3. The molecule has 2 aromatic carbocycles. The zero-order chi connectivity index (χ0) is 15.8. The molecule has 0 radical (unpaired) electrons. The van der Waals surface area contributed by atoms with Crippen molar-refractivity contribution >= 4 is 17.1 Å². The molecule has 22 heavy (non-hydrogen) atoms. The largest absolute Gasteiger partial charge is 0.399 e. The Bertz CT molecular complexity index is 560. The summed E-state index contributed by atoms with van der Waals surface area (Å²) in [6.07, 6.45) is 6.54. The Hall–Kier alpha value is -1.96. The highest BCUT2D eigenvalue weighted by Crippen LogP contribution is 2.30. The lowest BCUT2D eigenvalue weighted by atomic mass is 9.93. The second-order valence-electron chi connectivity index (χ2n) is 6.08. The van der Waals surface area contributed by atoms with Gasteiger partial charge in [0.15, 0.2) is 0 Å². The van der Waals surface area contributed by atoms with Gasteiger partial charge in [-0.15, -0.1) is 0 Å². The highest BCUT2D eigenvalue weighted by atomic mass is 14.9. The third-order valence-electron chi connectivity index (χ3n) is 4.17. The van der Waals surface area contributed by atoms with E-state index in [0.717, 1.165) is 11.4 Å². The quantitative estimate of drug-likeness (QED) is 0.457. The van der Waals surface area contributed by atoms with Gasteiger partial charge in [-0.1, -0.05) is 57.7 Å². The van der Waals surface area contributed by atoms with Gasteiger partial charge in [-0.2, -0.15) is 0 Å². The van der Waals surface area contributed by atoms with Crippen molar-refractivity contribution in [2.45, 2.75) is 51.9 Å². The van der Waals surface area contributed by atoms with E-state index in [9.17, 15) is 0 Å². The van der Waals surface area contributed by atoms with Gasteiger partial charge < -0.3 is 11.1 Å². The number of unbranched alkanes of at least 4 members (excludes halogenated alkanes) is 3. The molecule has 2 rings (SSSR count). The summed E-state index contributed by atoms with van der Waals surface area (Å²) in [5.74, 6) is 0.578. The lowest BCUT2D eigenvalue weighted by molar-refractivity contribution is 0.581. The Morgan fingerprint density at radius 1 is 0.955 bits per heavy atom. The average Bonchev–Trinajstić information content (AvgIpc) is 2.54. The van der Waals surface area contributed by atoms with Crippen molar-refractivity contribution in [1.29, 1.82) is 0 Å². The minimum absolute atomic E-state index is 0.578. The summed E-state index contributed by atoms with van der Waals surface area (Å²) >= 11 is 0. The van der Waals surface area contributed by atoms with Crippen LogP contribution < -0.4 is 11.1 Å². The first-order valence-electron chi connectivity index (χ1n) is 8.42. The molecule has 1 unspecified atom stereocenters. The molecular weight excluding hydrogens is 268 g/mol. The highest BCUT2D eigenvalue weighted by molar-refractivity contribution is 5.65. The Kier molecular flexibility index (Phi) is 6.32. The zero-order valence-corrected chi connectivity index (χ0v) is 13.8. The molecule has 0 amide bonds. The Balaban J connectivity index is 2.04. The van der Waals surface area contributed by atoms with Gasteiger partial charge in [0.2, 0.25) is 0 Å². The van der Waals surface area contributed by atoms with Crippen LogP contribution in [0.2, 0.25) is 0 Å². The molecular formula is C20H28N2. The van der Waals surface area contributed by atoms with Gasteiger partial charge in [-0.05, 0) is 48.2 Å². The summed E-state index contributed by atoms with van der Waals surface area (Å²) in [7, 11) is 0. The van der Waals surface area contributed by atoms with Crippen LogP contribution in [-0.2, 0) is 0 Å². The number of rotatable bonds is 8. The molecule has 0 saturated heterocycles. The SMILES string of the molecule is CCCCCCC(C)c1ccccc1Nc1ccc(N)cc1. The maximum atomic E-state index is 5.75. The molecule has 0 aromatic heterocycles. The second kappa shape index (κ2) is 8.47. The number of benzene rings is 2. The van der Waals surface area contributed by atoms with E-state index in [1.54, 1.807) is 0 Å². The Morgan fingerprint density at radius 3 is 2.41 bits per heavy atom. The van der Waals surface area contributed by atoms with Crippen molar-refractivity contribution in [1.82, 2.24) is 0 Å². The number of nitrogen functional groups attached to an aromatic ring is 1. The number of para-hydroxylation sites is 1. The summed E-state index contributed by atoms with van der Waals surface area (Å²) in [6.45, 7) is 4.59. The minimum atomic E-state index is 0.578. The smallest absolute Gasteiger partial charge is 0.0419 e. The van der Waals surface area contributed by atoms with Crippen LogP contribution in [0.25, 0.3) is 0 Å². The number of anilines is 3. The van der Waals surface area contributed by atoms with Crippen LogP contribution in [0.5, 0.6) is 0 Å². The predicted molar refractivity (Wildman–Crippen MR) is 97.8 cm³/mol. The van der Waals surface area contributed by atoms with E-state index in [2.05, 4.69) is 43.4 Å². The van der Waals surface area contributed by atoms with Crippen LogP contribution in [0.4, 0.5) is 17.1 Å². The normalized spacial score (nSPS) is 12.1. The van der Waals surface area contributed by atoms with Crippen molar-refractivity contribution in [3.8, 4) is 0 Å². The van der Waals surface area contributed by atoms with E-state index in [0.29, 0.717) is 5.92 Å². The van der Waals surface area contributed by atoms with Crippen molar-refractivity contribution in [3.05, 3.63) is 54.1 Å². The maximum Gasteiger partial charge on any atom is 0.0419 e. The van der Waals surface area contributed by atoms with E-state index in [-0.39, 0.29) is 0 Å². The second-order valence-corrected chi connectivity index (χ2v) is 6.08. The molecule has 2 nitrogen and oxygen atoms in total. The molecule has 0 aliphatic heterocycles. The molecule has 2 aromatic rings. The lowest BCUT2D eigenvalue weighted by Gasteiger charge is -2.18. The van der Waals surface area contributed by atoms with Gasteiger partial charge in [0, 0.05) is 17.1 Å². The fourth-order valence-corrected chi connectivity index (χ4v) is 2.80. The lowest BCUT2D eigenvalue weighted by Crippen LogP contribution is -2.00. The molecule has 118 valence electrons. The van der Waals surface area contributed by atoms with Crippen LogP contribution in [0.1, 0.15) is 57.4 Å². The van der Waals surface area contributed by atoms with E-state index in [1.807, 2.05) is 24.3 Å². The number of nitrogens with two attached hydrogens (primary N) is 1. The van der Waals surface area contributed by atoms with Crippen molar-refractivity contribution < 1.29 is 0 Å². The molecule has 0 aliphatic rings. The highest BCUT2D eigenvalue weighted by Gasteiger charge is 2.10. The molecule has 0 aliphatic carbocycles. The van der Waals surface area contributed by atoms with Crippen LogP contribution in [-0.4, -0.2) is 0 Å². The fraction of sp³-hybridized carbons (Fsp3) is 0.400. The van der Waals surface area contributed by atoms with E-state index >= 15 is 0 Å². The van der Waals surface area contributed by atoms with Gasteiger partial charge in [0.05, 0.1) is 0 Å². The van der Waals surface area contributed by atoms with Gasteiger partial charge >= 0.3 is 0 Å². The summed E-state index contributed by atoms with van der Waals surface area (Å²) in [5, 5.41) is 3.53. The molecule has 2 heteroatoms.